The molecule has 0 radical (unpaired) electrons. The second-order valence-corrected chi connectivity index (χ2v) is 8.60. The van der Waals surface area contributed by atoms with Crippen molar-refractivity contribution in [3.05, 3.63) is 47.8 Å². The summed E-state index contributed by atoms with van der Waals surface area (Å²) in [5.74, 6) is 1.41. The maximum atomic E-state index is 5.54. The van der Waals surface area contributed by atoms with Crippen LogP contribution in [0, 0.1) is 0 Å². The smallest absolute Gasteiger partial charge is 0.213 e. The fourth-order valence-corrected chi connectivity index (χ4v) is 2.27. The van der Waals surface area contributed by atoms with Crippen LogP contribution in [0.25, 0.3) is 0 Å². The number of methoxy groups -OCH3 is 1. The van der Waals surface area contributed by atoms with Gasteiger partial charge in [0.1, 0.15) is 0 Å². The van der Waals surface area contributed by atoms with E-state index in [1.54, 1.807) is 13.3 Å². The first-order chi connectivity index (χ1) is 12.5. The number of hydrogen-bond donors (Lipinski definition) is 0. The fraction of sp³-hybridized carbons (Fsp3) is 0.565. The summed E-state index contributed by atoms with van der Waals surface area (Å²) in [5.41, 5.74) is 2.63. The summed E-state index contributed by atoms with van der Waals surface area (Å²) in [5, 5.41) is 0. The van der Waals surface area contributed by atoms with Crippen molar-refractivity contribution >= 4 is 0 Å². The van der Waals surface area contributed by atoms with Crippen LogP contribution in [0.1, 0.15) is 73.1 Å². The van der Waals surface area contributed by atoms with Crippen LogP contribution in [0.4, 0.5) is 0 Å². The third kappa shape index (κ3) is 7.58. The Kier molecular flexibility index (Phi) is 8.26. The normalized spacial score (nSPS) is 11.6. The number of ether oxygens (including phenoxy) is 2. The second-order valence-electron chi connectivity index (χ2n) is 8.60. The van der Waals surface area contributed by atoms with Gasteiger partial charge in [-0.1, -0.05) is 47.6 Å². The predicted molar refractivity (Wildman–Crippen MR) is 113 cm³/mol. The number of pyridine rings is 2. The Labute approximate surface area is 165 Å². The highest BCUT2D eigenvalue weighted by Crippen LogP contribution is 2.26. The molecule has 0 aliphatic carbocycles. The zero-order valence-electron chi connectivity index (χ0n) is 18.5. The molecule has 2 heterocycles. The van der Waals surface area contributed by atoms with Crippen molar-refractivity contribution in [3.63, 3.8) is 0 Å². The van der Waals surface area contributed by atoms with Gasteiger partial charge in [-0.15, -0.1) is 0 Å². The zero-order valence-corrected chi connectivity index (χ0v) is 18.5. The largest absolute Gasteiger partial charge is 0.481 e. The lowest BCUT2D eigenvalue weighted by Crippen LogP contribution is -2.17. The summed E-state index contributed by atoms with van der Waals surface area (Å²) in [6.45, 7) is 17.1. The highest BCUT2D eigenvalue weighted by atomic mass is 16.5. The number of rotatable bonds is 5. The van der Waals surface area contributed by atoms with Crippen molar-refractivity contribution in [2.45, 2.75) is 78.7 Å². The van der Waals surface area contributed by atoms with Crippen molar-refractivity contribution in [1.82, 2.24) is 9.97 Å². The van der Waals surface area contributed by atoms with Crippen molar-refractivity contribution in [2.24, 2.45) is 0 Å². The van der Waals surface area contributed by atoms with Gasteiger partial charge < -0.3 is 9.47 Å². The van der Waals surface area contributed by atoms with Gasteiger partial charge in [0, 0.05) is 23.7 Å². The van der Waals surface area contributed by atoms with Gasteiger partial charge in [-0.25, -0.2) is 9.97 Å². The molecule has 0 bridgehead atoms. The number of nitrogens with zero attached hydrogens (tertiary/aromatic N) is 2. The second kappa shape index (κ2) is 9.72. The topological polar surface area (TPSA) is 44.2 Å². The minimum atomic E-state index is 0.133. The molecule has 27 heavy (non-hydrogen) atoms. The van der Waals surface area contributed by atoms with Crippen molar-refractivity contribution in [1.29, 1.82) is 0 Å². The maximum absolute atomic E-state index is 5.54. The van der Waals surface area contributed by atoms with Gasteiger partial charge >= 0.3 is 0 Å². The SMILES string of the molecule is CC(C)Oc1cc(C(C)(C)C)ccn1.CCC(C)(C)c1cccc(OC)n1. The molecular formula is C23H36N2O2. The third-order valence-electron chi connectivity index (χ3n) is 4.47. The zero-order chi connectivity index (χ0) is 20.7. The van der Waals surface area contributed by atoms with Crippen LogP contribution >= 0.6 is 0 Å². The molecule has 0 aliphatic rings. The summed E-state index contributed by atoms with van der Waals surface area (Å²) >= 11 is 0. The van der Waals surface area contributed by atoms with Crippen LogP contribution in [-0.4, -0.2) is 23.2 Å². The van der Waals surface area contributed by atoms with Crippen LogP contribution in [-0.2, 0) is 10.8 Å². The lowest BCUT2D eigenvalue weighted by molar-refractivity contribution is 0.232. The van der Waals surface area contributed by atoms with Crippen LogP contribution < -0.4 is 9.47 Å². The third-order valence-corrected chi connectivity index (χ3v) is 4.47. The van der Waals surface area contributed by atoms with Crippen LogP contribution in [0.15, 0.2) is 36.5 Å². The average molecular weight is 373 g/mol. The van der Waals surface area contributed by atoms with E-state index in [0.29, 0.717) is 11.8 Å². The molecule has 4 nitrogen and oxygen atoms in total. The summed E-state index contributed by atoms with van der Waals surface area (Å²) in [6, 6.07) is 9.95. The van der Waals surface area contributed by atoms with Gasteiger partial charge in [0.15, 0.2) is 0 Å². The first kappa shape index (κ1) is 22.9. The Morgan fingerprint density at radius 2 is 1.67 bits per heavy atom. The average Bonchev–Trinajstić information content (AvgIpc) is 2.61. The predicted octanol–water partition coefficient (Wildman–Crippen LogP) is 5.94. The highest BCUT2D eigenvalue weighted by molar-refractivity contribution is 5.26. The minimum absolute atomic E-state index is 0.133. The Bertz CT molecular complexity index is 704. The van der Waals surface area contributed by atoms with E-state index in [9.17, 15) is 0 Å². The molecule has 0 aromatic carbocycles. The van der Waals surface area contributed by atoms with E-state index in [1.165, 1.54) is 5.56 Å². The molecule has 4 heteroatoms. The van der Waals surface area contributed by atoms with Crippen LogP contribution in [0.2, 0.25) is 0 Å². The number of hydrogen-bond acceptors (Lipinski definition) is 4. The molecule has 150 valence electrons. The van der Waals surface area contributed by atoms with Gasteiger partial charge in [-0.3, -0.25) is 0 Å². The molecule has 0 fully saturated rings. The summed E-state index contributed by atoms with van der Waals surface area (Å²) in [6.07, 6.45) is 3.06. The van der Waals surface area contributed by atoms with E-state index >= 15 is 0 Å². The van der Waals surface area contributed by atoms with E-state index in [4.69, 9.17) is 9.47 Å². The molecule has 2 aromatic rings. The minimum Gasteiger partial charge on any atom is -0.481 e. The van der Waals surface area contributed by atoms with Gasteiger partial charge in [-0.05, 0) is 43.4 Å². The summed E-state index contributed by atoms with van der Waals surface area (Å²) < 4.78 is 10.6. The molecule has 0 spiro atoms. The van der Waals surface area contributed by atoms with Gasteiger partial charge in [0.2, 0.25) is 11.8 Å². The van der Waals surface area contributed by atoms with Crippen molar-refractivity contribution in [2.75, 3.05) is 7.11 Å². The van der Waals surface area contributed by atoms with Gasteiger partial charge in [0.05, 0.1) is 18.9 Å². The van der Waals surface area contributed by atoms with E-state index in [0.717, 1.165) is 12.1 Å². The molecule has 2 rings (SSSR count). The molecule has 0 atom stereocenters. The molecular weight excluding hydrogens is 336 g/mol. The molecule has 0 unspecified atom stereocenters. The maximum Gasteiger partial charge on any atom is 0.213 e. The Morgan fingerprint density at radius 3 is 2.19 bits per heavy atom. The quantitative estimate of drug-likeness (QED) is 0.651. The molecule has 0 N–H and O–H groups in total. The summed E-state index contributed by atoms with van der Waals surface area (Å²) in [4.78, 5) is 8.58. The van der Waals surface area contributed by atoms with Gasteiger partial charge in [0.25, 0.3) is 0 Å². The lowest BCUT2D eigenvalue weighted by atomic mass is 9.86. The van der Waals surface area contributed by atoms with E-state index in [2.05, 4.69) is 51.5 Å². The van der Waals surface area contributed by atoms with E-state index < -0.39 is 0 Å². The summed E-state index contributed by atoms with van der Waals surface area (Å²) in [7, 11) is 1.64. The highest BCUT2D eigenvalue weighted by Gasteiger charge is 2.19. The Balaban J connectivity index is 0.000000271. The molecule has 0 saturated heterocycles. The lowest BCUT2D eigenvalue weighted by Gasteiger charge is -2.21. The molecule has 0 aliphatic heterocycles. The molecule has 0 amide bonds. The van der Waals surface area contributed by atoms with Crippen molar-refractivity contribution < 1.29 is 9.47 Å². The van der Waals surface area contributed by atoms with E-state index in [-0.39, 0.29) is 16.9 Å². The molecule has 0 saturated carbocycles. The number of aromatic nitrogens is 2. The van der Waals surface area contributed by atoms with Crippen LogP contribution in [0.3, 0.4) is 0 Å². The Hall–Kier alpha value is -2.10. The van der Waals surface area contributed by atoms with Crippen LogP contribution in [0.5, 0.6) is 11.8 Å². The first-order valence-electron chi connectivity index (χ1n) is 9.64. The van der Waals surface area contributed by atoms with Crippen molar-refractivity contribution in [3.8, 4) is 11.8 Å². The van der Waals surface area contributed by atoms with E-state index in [1.807, 2.05) is 44.2 Å². The van der Waals surface area contributed by atoms with Gasteiger partial charge in [-0.2, -0.15) is 0 Å². The molecule has 2 aromatic heterocycles. The standard InChI is InChI=1S/C12H19NO.C11H17NO/c1-9(2)14-11-8-10(6-7-13-11)12(3,4)5;1-5-11(2,3)9-7-6-8-10(12-9)13-4/h6-9H,1-5H3;6-8H,5H2,1-4H3. The fourth-order valence-electron chi connectivity index (χ4n) is 2.27. The first-order valence-corrected chi connectivity index (χ1v) is 9.64. The Morgan fingerprint density at radius 1 is 1.00 bits per heavy atom. The monoisotopic (exact) mass is 372 g/mol.